The number of esters is 1. The molecule has 0 saturated carbocycles. The van der Waals surface area contributed by atoms with Crippen molar-refractivity contribution in [2.45, 2.75) is 12.2 Å². The number of benzene rings is 1. The van der Waals surface area contributed by atoms with Crippen LogP contribution >= 0.6 is 0 Å². The molecule has 1 aromatic carbocycles. The predicted molar refractivity (Wildman–Crippen MR) is 88.7 cm³/mol. The Labute approximate surface area is 140 Å². The van der Waals surface area contributed by atoms with Crippen LogP contribution in [0.2, 0.25) is 0 Å². The van der Waals surface area contributed by atoms with Gasteiger partial charge in [-0.05, 0) is 18.1 Å². The van der Waals surface area contributed by atoms with Gasteiger partial charge in [-0.15, -0.1) is 0 Å². The van der Waals surface area contributed by atoms with Gasteiger partial charge in [-0.25, -0.2) is 4.79 Å². The van der Waals surface area contributed by atoms with E-state index >= 15 is 0 Å². The van der Waals surface area contributed by atoms with Crippen molar-refractivity contribution in [3.8, 4) is 0 Å². The quantitative estimate of drug-likeness (QED) is 0.413. The first kappa shape index (κ1) is 18.0. The van der Waals surface area contributed by atoms with E-state index in [4.69, 9.17) is 8.60 Å². The number of carbonyl (C=O) groups is 1. The highest BCUT2D eigenvalue weighted by atomic mass is 32.2. The lowest BCUT2D eigenvalue weighted by atomic mass is 10.2. The molecule has 0 N–H and O–H groups in total. The zero-order chi connectivity index (χ0) is 17.4. The van der Waals surface area contributed by atoms with Gasteiger partial charge in [0.05, 0.1) is 20.0 Å². The molecule has 6 nitrogen and oxygen atoms in total. The van der Waals surface area contributed by atoms with Crippen LogP contribution in [0.3, 0.4) is 0 Å². The van der Waals surface area contributed by atoms with E-state index < -0.39 is 16.1 Å². The van der Waals surface area contributed by atoms with E-state index in [-0.39, 0.29) is 18.1 Å². The van der Waals surface area contributed by atoms with Gasteiger partial charge in [-0.1, -0.05) is 42.5 Å². The predicted octanol–water partition coefficient (Wildman–Crippen LogP) is 3.02. The van der Waals surface area contributed by atoms with Gasteiger partial charge in [-0.2, -0.15) is 8.42 Å². The molecule has 24 heavy (non-hydrogen) atoms. The smallest absolute Gasteiger partial charge is 0.373 e. The van der Waals surface area contributed by atoms with Crippen LogP contribution in [-0.2, 0) is 24.8 Å². The van der Waals surface area contributed by atoms with Gasteiger partial charge < -0.3 is 9.15 Å². The van der Waals surface area contributed by atoms with E-state index in [9.17, 15) is 13.2 Å². The van der Waals surface area contributed by atoms with Gasteiger partial charge in [0.1, 0.15) is 5.75 Å². The Hall–Kier alpha value is -2.38. The van der Waals surface area contributed by atoms with Gasteiger partial charge in [0.2, 0.25) is 5.76 Å². The van der Waals surface area contributed by atoms with E-state index in [2.05, 4.69) is 4.74 Å². The van der Waals surface area contributed by atoms with Crippen LogP contribution in [-0.4, -0.2) is 28.1 Å². The van der Waals surface area contributed by atoms with Crippen molar-refractivity contribution in [3.63, 3.8) is 0 Å². The van der Waals surface area contributed by atoms with Crippen molar-refractivity contribution in [2.24, 2.45) is 0 Å². The number of rotatable bonds is 8. The van der Waals surface area contributed by atoms with Crippen molar-refractivity contribution in [1.82, 2.24) is 0 Å². The third-order valence-corrected chi connectivity index (χ3v) is 4.26. The standard InChI is InChI=1S/C17H18O6S/c1-21-17(18)16-11-15(12-22-16)9-5-6-10-23-24(19,20)13-14-7-3-2-4-8-14/h2-5,7-9,11-12H,6,10,13H2,1H3/b9-5+. The maximum atomic E-state index is 11.8. The first-order valence-electron chi connectivity index (χ1n) is 7.24. The van der Waals surface area contributed by atoms with E-state index in [1.165, 1.54) is 19.4 Å². The summed E-state index contributed by atoms with van der Waals surface area (Å²) in [4.78, 5) is 11.2. The molecule has 2 aromatic rings. The summed E-state index contributed by atoms with van der Waals surface area (Å²) in [6, 6.07) is 10.4. The fourth-order valence-electron chi connectivity index (χ4n) is 1.93. The van der Waals surface area contributed by atoms with Gasteiger partial charge in [0.15, 0.2) is 0 Å². The molecule has 0 amide bonds. The van der Waals surface area contributed by atoms with E-state index in [1.807, 2.05) is 6.07 Å². The molecule has 0 saturated heterocycles. The SMILES string of the molecule is COC(=O)c1cc(/C=C/CCOS(=O)(=O)Cc2ccccc2)co1. The molecule has 128 valence electrons. The number of hydrogen-bond acceptors (Lipinski definition) is 6. The van der Waals surface area contributed by atoms with Crippen LogP contribution in [0.15, 0.2) is 53.2 Å². The molecule has 7 heteroatoms. The maximum absolute atomic E-state index is 11.8. The Morgan fingerprint density at radius 2 is 2.00 bits per heavy atom. The summed E-state index contributed by atoms with van der Waals surface area (Å²) in [6.45, 7) is 0.0490. The van der Waals surface area contributed by atoms with E-state index in [0.717, 1.165) is 0 Å². The molecule has 0 atom stereocenters. The first-order valence-corrected chi connectivity index (χ1v) is 8.82. The molecule has 0 fully saturated rings. The molecule has 0 spiro atoms. The summed E-state index contributed by atoms with van der Waals surface area (Å²) in [5, 5.41) is 0. The largest absolute Gasteiger partial charge is 0.463 e. The van der Waals surface area contributed by atoms with Crippen LogP contribution in [0.4, 0.5) is 0 Å². The second kappa shape index (κ2) is 8.47. The number of ether oxygens (including phenoxy) is 1. The Balaban J connectivity index is 1.77. The lowest BCUT2D eigenvalue weighted by Gasteiger charge is -2.04. The normalized spacial score (nSPS) is 11.7. The zero-order valence-electron chi connectivity index (χ0n) is 13.2. The number of carbonyl (C=O) groups excluding carboxylic acids is 1. The molecule has 0 aliphatic carbocycles. The number of hydrogen-bond donors (Lipinski definition) is 0. The first-order chi connectivity index (χ1) is 11.5. The molecular weight excluding hydrogens is 332 g/mol. The Kier molecular flexibility index (Phi) is 6.34. The van der Waals surface area contributed by atoms with Crippen LogP contribution in [0, 0.1) is 0 Å². The molecule has 2 rings (SSSR count). The van der Waals surface area contributed by atoms with Crippen LogP contribution in [0.5, 0.6) is 0 Å². The van der Waals surface area contributed by atoms with Crippen LogP contribution in [0.25, 0.3) is 6.08 Å². The lowest BCUT2D eigenvalue weighted by Crippen LogP contribution is -2.09. The fourth-order valence-corrected chi connectivity index (χ4v) is 2.96. The van der Waals surface area contributed by atoms with Crippen LogP contribution in [0.1, 0.15) is 28.1 Å². The van der Waals surface area contributed by atoms with Gasteiger partial charge >= 0.3 is 5.97 Å². The lowest BCUT2D eigenvalue weighted by molar-refractivity contribution is 0.0565. The van der Waals surface area contributed by atoms with E-state index in [1.54, 1.807) is 36.4 Å². The van der Waals surface area contributed by atoms with Gasteiger partial charge in [0, 0.05) is 5.56 Å². The summed E-state index contributed by atoms with van der Waals surface area (Å²) in [5.74, 6) is -0.592. The van der Waals surface area contributed by atoms with Gasteiger partial charge in [-0.3, -0.25) is 4.18 Å². The maximum Gasteiger partial charge on any atom is 0.373 e. The summed E-state index contributed by atoms with van der Waals surface area (Å²) in [7, 11) is -2.33. The molecule has 0 bridgehead atoms. The number of furan rings is 1. The summed E-state index contributed by atoms with van der Waals surface area (Å²) >= 11 is 0. The monoisotopic (exact) mass is 350 g/mol. The molecule has 0 aliphatic rings. The van der Waals surface area contributed by atoms with Crippen molar-refractivity contribution >= 4 is 22.2 Å². The molecule has 0 radical (unpaired) electrons. The van der Waals surface area contributed by atoms with Crippen molar-refractivity contribution in [3.05, 3.63) is 65.6 Å². The second-order valence-corrected chi connectivity index (χ2v) is 6.58. The van der Waals surface area contributed by atoms with Crippen molar-refractivity contribution in [1.29, 1.82) is 0 Å². The molecule has 1 aromatic heterocycles. The average molecular weight is 350 g/mol. The highest BCUT2D eigenvalue weighted by Gasteiger charge is 2.12. The molecule has 0 unspecified atom stereocenters. The van der Waals surface area contributed by atoms with Crippen molar-refractivity contribution < 1.29 is 26.5 Å². The minimum atomic E-state index is -3.60. The summed E-state index contributed by atoms with van der Waals surface area (Å²) < 4.78 is 38.2. The number of methoxy groups -OCH3 is 1. The van der Waals surface area contributed by atoms with Gasteiger partial charge in [0.25, 0.3) is 10.1 Å². The highest BCUT2D eigenvalue weighted by Crippen LogP contribution is 2.11. The zero-order valence-corrected chi connectivity index (χ0v) is 14.0. The fraction of sp³-hybridized carbons (Fsp3) is 0.235. The minimum Gasteiger partial charge on any atom is -0.463 e. The van der Waals surface area contributed by atoms with Crippen molar-refractivity contribution in [2.75, 3.05) is 13.7 Å². The Morgan fingerprint density at radius 3 is 2.71 bits per heavy atom. The summed E-state index contributed by atoms with van der Waals surface area (Å²) in [5.41, 5.74) is 1.37. The molecule has 1 heterocycles. The Bertz CT molecular complexity index is 789. The average Bonchev–Trinajstić information content (AvgIpc) is 3.03. The third-order valence-electron chi connectivity index (χ3n) is 3.05. The third kappa shape index (κ3) is 5.68. The molecular formula is C17H18O6S. The Morgan fingerprint density at radius 1 is 1.25 bits per heavy atom. The highest BCUT2D eigenvalue weighted by molar-refractivity contribution is 7.85. The van der Waals surface area contributed by atoms with Crippen LogP contribution < -0.4 is 0 Å². The topological polar surface area (TPSA) is 82.8 Å². The second-order valence-electron chi connectivity index (χ2n) is 4.94. The summed E-state index contributed by atoms with van der Waals surface area (Å²) in [6.07, 6.45) is 5.27. The minimum absolute atomic E-state index is 0.0490. The van der Waals surface area contributed by atoms with E-state index in [0.29, 0.717) is 17.5 Å². The molecule has 0 aliphatic heterocycles.